The fourth-order valence-corrected chi connectivity index (χ4v) is 6.16. The first-order chi connectivity index (χ1) is 17.9. The first-order valence-electron chi connectivity index (χ1n) is 14.2. The summed E-state index contributed by atoms with van der Waals surface area (Å²) in [5.74, 6) is 0. The van der Waals surface area contributed by atoms with Crippen LogP contribution in [0.15, 0.2) is 84.9 Å². The predicted octanol–water partition coefficient (Wildman–Crippen LogP) is 9.72. The molecule has 0 amide bonds. The lowest BCUT2D eigenvalue weighted by atomic mass is 9.78. The Morgan fingerprint density at radius 3 is 1.94 bits per heavy atom. The zero-order valence-electron chi connectivity index (χ0n) is 24.7. The van der Waals surface area contributed by atoms with Gasteiger partial charge in [-0.1, -0.05) is 100 Å². The number of fused-ring (bicyclic) bond motifs is 3. The van der Waals surface area contributed by atoms with E-state index in [4.69, 9.17) is 2.74 Å². The normalized spacial score (nSPS) is 16.4. The van der Waals surface area contributed by atoms with E-state index >= 15 is 0 Å². The molecule has 5 rings (SSSR count). The topological polar surface area (TPSA) is 3.24 Å². The molecule has 0 spiro atoms. The zero-order chi connectivity index (χ0) is 27.4. The molecule has 1 nitrogen and oxygen atoms in total. The van der Waals surface area contributed by atoms with Crippen LogP contribution in [-0.2, 0) is 18.2 Å². The number of benzene rings is 4. The summed E-state index contributed by atoms with van der Waals surface area (Å²) in [6, 6.07) is 30.0. The van der Waals surface area contributed by atoms with Gasteiger partial charge in [0.15, 0.2) is 0 Å². The van der Waals surface area contributed by atoms with Gasteiger partial charge in [0, 0.05) is 25.1 Å². The Bertz CT molecular complexity index is 1480. The van der Waals surface area contributed by atoms with Gasteiger partial charge in [-0.15, -0.1) is 0 Å². The van der Waals surface area contributed by atoms with Gasteiger partial charge in [0.1, 0.15) is 0 Å². The van der Waals surface area contributed by atoms with Crippen LogP contribution in [0, 0.1) is 0 Å². The van der Waals surface area contributed by atoms with E-state index in [9.17, 15) is 0 Å². The average molecular weight is 476 g/mol. The maximum Gasteiger partial charge on any atom is 0.0454 e. The van der Waals surface area contributed by atoms with Crippen LogP contribution in [0.3, 0.4) is 0 Å². The molecule has 0 heterocycles. The first kappa shape index (κ1) is 21.9. The molecule has 4 aromatic rings. The van der Waals surface area contributed by atoms with E-state index in [1.165, 1.54) is 22.3 Å². The van der Waals surface area contributed by atoms with E-state index in [1.807, 2.05) is 19.9 Å². The predicted molar refractivity (Wildman–Crippen MR) is 157 cm³/mol. The highest BCUT2D eigenvalue weighted by Crippen LogP contribution is 2.53. The van der Waals surface area contributed by atoms with Gasteiger partial charge in [-0.25, -0.2) is 0 Å². The largest absolute Gasteiger partial charge is 0.336 e. The lowest BCUT2D eigenvalue weighted by molar-refractivity contribution is 0.556. The summed E-state index contributed by atoms with van der Waals surface area (Å²) in [7, 11) is 0. The van der Waals surface area contributed by atoms with E-state index in [1.54, 1.807) is 0 Å². The Morgan fingerprint density at radius 1 is 0.667 bits per heavy atom. The van der Waals surface area contributed by atoms with Crippen LogP contribution in [0.5, 0.6) is 0 Å². The minimum Gasteiger partial charge on any atom is -0.336 e. The SMILES string of the molecule is [2H]C(C)c1c(-c2ccccc2)cccc1N(c1ccc2c(c1C([2H])C)C(C)(C)c1ccccc1-2)C(C)(C)C. The molecule has 0 fully saturated rings. The van der Waals surface area contributed by atoms with Gasteiger partial charge in [-0.2, -0.15) is 0 Å². The summed E-state index contributed by atoms with van der Waals surface area (Å²) in [5, 5.41) is 0. The molecule has 0 bridgehead atoms. The molecule has 0 N–H and O–H groups in total. The summed E-state index contributed by atoms with van der Waals surface area (Å²) in [6.45, 7) is 15.2. The van der Waals surface area contributed by atoms with Crippen LogP contribution in [-0.4, -0.2) is 5.54 Å². The summed E-state index contributed by atoms with van der Waals surface area (Å²) < 4.78 is 18.1. The first-order valence-corrected chi connectivity index (χ1v) is 13.0. The molecule has 0 aromatic heterocycles. The minimum absolute atomic E-state index is 0.201. The van der Waals surface area contributed by atoms with E-state index in [2.05, 4.69) is 118 Å². The maximum absolute atomic E-state index is 9.12. The van der Waals surface area contributed by atoms with Crippen LogP contribution in [0.1, 0.15) is 73.5 Å². The van der Waals surface area contributed by atoms with Gasteiger partial charge in [0.2, 0.25) is 0 Å². The molecule has 1 heteroatoms. The Balaban J connectivity index is 1.82. The van der Waals surface area contributed by atoms with Crippen molar-refractivity contribution in [1.29, 1.82) is 0 Å². The van der Waals surface area contributed by atoms with Gasteiger partial charge in [0.25, 0.3) is 0 Å². The van der Waals surface area contributed by atoms with Gasteiger partial charge in [-0.05, 0) is 90.2 Å². The smallest absolute Gasteiger partial charge is 0.0454 e. The molecule has 2 atom stereocenters. The fourth-order valence-electron chi connectivity index (χ4n) is 6.16. The number of hydrogen-bond donors (Lipinski definition) is 0. The molecule has 0 saturated carbocycles. The van der Waals surface area contributed by atoms with Crippen molar-refractivity contribution in [2.45, 2.75) is 72.2 Å². The lowest BCUT2D eigenvalue weighted by Gasteiger charge is -2.41. The molecule has 1 aliphatic rings. The quantitative estimate of drug-likeness (QED) is 0.278. The van der Waals surface area contributed by atoms with Crippen LogP contribution >= 0.6 is 0 Å². The van der Waals surface area contributed by atoms with E-state index in [-0.39, 0.29) is 11.0 Å². The van der Waals surface area contributed by atoms with Gasteiger partial charge >= 0.3 is 0 Å². The molecule has 36 heavy (non-hydrogen) atoms. The van der Waals surface area contributed by atoms with Crippen LogP contribution in [0.2, 0.25) is 0 Å². The Labute approximate surface area is 220 Å². The molecule has 0 aliphatic heterocycles. The van der Waals surface area contributed by atoms with E-state index in [0.29, 0.717) is 0 Å². The number of anilines is 2. The Morgan fingerprint density at radius 2 is 1.28 bits per heavy atom. The van der Waals surface area contributed by atoms with Crippen molar-refractivity contribution < 1.29 is 2.74 Å². The molecular formula is C35H39N. The van der Waals surface area contributed by atoms with E-state index < -0.39 is 12.8 Å². The highest BCUT2D eigenvalue weighted by atomic mass is 15.2. The molecule has 2 unspecified atom stereocenters. The third-order valence-electron chi connectivity index (χ3n) is 7.64. The second-order valence-electron chi connectivity index (χ2n) is 11.3. The molecule has 1 aliphatic carbocycles. The number of hydrogen-bond acceptors (Lipinski definition) is 1. The second kappa shape index (κ2) is 8.96. The minimum atomic E-state index is -0.418. The molecule has 0 saturated heterocycles. The van der Waals surface area contributed by atoms with Crippen molar-refractivity contribution in [3.8, 4) is 22.3 Å². The summed E-state index contributed by atoms with van der Waals surface area (Å²) in [5.41, 5.74) is 11.0. The van der Waals surface area contributed by atoms with Crippen LogP contribution in [0.25, 0.3) is 22.3 Å². The van der Waals surface area contributed by atoms with Crippen molar-refractivity contribution in [3.05, 3.63) is 107 Å². The molecular weight excluding hydrogens is 434 g/mol. The van der Waals surface area contributed by atoms with Gasteiger partial charge in [0.05, 0.1) is 0 Å². The van der Waals surface area contributed by atoms with Crippen molar-refractivity contribution in [2.24, 2.45) is 0 Å². The molecule has 4 aromatic carbocycles. The Hall–Kier alpha value is -3.32. The van der Waals surface area contributed by atoms with Crippen molar-refractivity contribution >= 4 is 11.4 Å². The lowest BCUT2D eigenvalue weighted by Crippen LogP contribution is -2.39. The van der Waals surface area contributed by atoms with Crippen LogP contribution in [0.4, 0.5) is 11.4 Å². The third-order valence-corrected chi connectivity index (χ3v) is 7.64. The van der Waals surface area contributed by atoms with E-state index in [0.717, 1.165) is 33.6 Å². The fraction of sp³-hybridized carbons (Fsp3) is 0.314. The highest BCUT2D eigenvalue weighted by molar-refractivity contribution is 5.87. The van der Waals surface area contributed by atoms with Crippen molar-refractivity contribution in [1.82, 2.24) is 0 Å². The second-order valence-corrected chi connectivity index (χ2v) is 11.3. The molecule has 184 valence electrons. The zero-order valence-corrected chi connectivity index (χ0v) is 22.7. The average Bonchev–Trinajstić information content (AvgIpc) is 3.10. The highest BCUT2D eigenvalue weighted by Gasteiger charge is 2.39. The van der Waals surface area contributed by atoms with Gasteiger partial charge in [-0.3, -0.25) is 0 Å². The van der Waals surface area contributed by atoms with Crippen LogP contribution < -0.4 is 4.90 Å². The number of nitrogens with zero attached hydrogens (tertiary/aromatic N) is 1. The number of rotatable bonds is 5. The summed E-state index contributed by atoms with van der Waals surface area (Å²) in [6.07, 6.45) is -0.828. The molecule has 0 radical (unpaired) electrons. The summed E-state index contributed by atoms with van der Waals surface area (Å²) in [4.78, 5) is 2.39. The standard InChI is InChI=1S/C35H39N/c1-8-25-27(24-16-11-10-12-17-24)19-15-21-31(25)36(34(3,4)5)32-23-22-29-28-18-13-14-20-30(28)35(6,7)33(29)26(32)9-2/h10-23H,8-9H2,1-7H3/i8D,9D. The summed E-state index contributed by atoms with van der Waals surface area (Å²) >= 11 is 0. The third kappa shape index (κ3) is 3.77. The monoisotopic (exact) mass is 475 g/mol. The maximum atomic E-state index is 9.12. The Kier molecular flexibility index (Phi) is 5.46. The van der Waals surface area contributed by atoms with Crippen molar-refractivity contribution in [2.75, 3.05) is 4.90 Å². The van der Waals surface area contributed by atoms with Gasteiger partial charge < -0.3 is 4.90 Å². The van der Waals surface area contributed by atoms with Crippen molar-refractivity contribution in [3.63, 3.8) is 0 Å².